The number of esters is 1. The number of hydrogen-bond acceptors (Lipinski definition) is 5. The maximum atomic E-state index is 12.8. The lowest BCUT2D eigenvalue weighted by atomic mass is 10.4. The summed E-state index contributed by atoms with van der Waals surface area (Å²) in [6, 6.07) is 4.60. The molecule has 0 spiro atoms. The fraction of sp³-hybridized carbons (Fsp3) is 0.400. The molecular weight excluding hydrogens is 311 g/mol. The molecule has 1 atom stereocenters. The van der Waals surface area contributed by atoms with E-state index in [2.05, 4.69) is 6.58 Å². The minimum absolute atomic E-state index is 0.0267. The zero-order chi connectivity index (χ0) is 16.6. The summed E-state index contributed by atoms with van der Waals surface area (Å²) in [6.07, 6.45) is 0.935. The fourth-order valence-corrected chi connectivity index (χ4v) is 2.86. The molecule has 0 aliphatic heterocycles. The standard InChI is InChI=1S/C15H19FO5S/c1-3-9-20-12(2)15(17)21-10-4-11-22(18,19)14-7-5-13(16)6-8-14/h3,5-8,12H,1,4,9-11H2,2H3. The van der Waals surface area contributed by atoms with E-state index in [1.165, 1.54) is 18.2 Å². The highest BCUT2D eigenvalue weighted by molar-refractivity contribution is 7.91. The molecule has 0 heterocycles. The van der Waals surface area contributed by atoms with Crippen LogP contribution in [-0.4, -0.2) is 39.5 Å². The van der Waals surface area contributed by atoms with Crippen LogP contribution in [0.25, 0.3) is 0 Å². The Morgan fingerprint density at radius 1 is 1.36 bits per heavy atom. The highest BCUT2D eigenvalue weighted by atomic mass is 32.2. The molecule has 0 aliphatic carbocycles. The van der Waals surface area contributed by atoms with Crippen LogP contribution in [-0.2, 0) is 24.1 Å². The SMILES string of the molecule is C=CCOC(C)C(=O)OCCCS(=O)(=O)c1ccc(F)cc1. The van der Waals surface area contributed by atoms with Crippen molar-refractivity contribution in [3.63, 3.8) is 0 Å². The van der Waals surface area contributed by atoms with E-state index < -0.39 is 27.7 Å². The molecule has 1 aromatic rings. The second-order valence-corrected chi connectivity index (χ2v) is 6.67. The lowest BCUT2D eigenvalue weighted by Gasteiger charge is -2.11. The molecule has 5 nitrogen and oxygen atoms in total. The van der Waals surface area contributed by atoms with Gasteiger partial charge in [-0.1, -0.05) is 6.08 Å². The predicted octanol–water partition coefficient (Wildman–Crippen LogP) is 2.12. The van der Waals surface area contributed by atoms with Gasteiger partial charge >= 0.3 is 5.97 Å². The van der Waals surface area contributed by atoms with E-state index in [1.54, 1.807) is 6.92 Å². The number of carbonyl (C=O) groups excluding carboxylic acids is 1. The first-order chi connectivity index (χ1) is 10.4. The topological polar surface area (TPSA) is 69.7 Å². The average Bonchev–Trinajstić information content (AvgIpc) is 2.49. The zero-order valence-corrected chi connectivity index (χ0v) is 13.1. The largest absolute Gasteiger partial charge is 0.464 e. The van der Waals surface area contributed by atoms with Crippen molar-refractivity contribution < 1.29 is 27.1 Å². The average molecular weight is 330 g/mol. The Morgan fingerprint density at radius 2 is 2.00 bits per heavy atom. The summed E-state index contributed by atoms with van der Waals surface area (Å²) in [7, 11) is -3.51. The van der Waals surface area contributed by atoms with Crippen molar-refractivity contribution >= 4 is 15.8 Å². The Kier molecular flexibility index (Phi) is 7.20. The lowest BCUT2D eigenvalue weighted by Crippen LogP contribution is -2.24. The Bertz CT molecular complexity index is 595. The van der Waals surface area contributed by atoms with Gasteiger partial charge in [-0.2, -0.15) is 0 Å². The van der Waals surface area contributed by atoms with Crippen molar-refractivity contribution in [2.24, 2.45) is 0 Å². The smallest absolute Gasteiger partial charge is 0.334 e. The van der Waals surface area contributed by atoms with Gasteiger partial charge in [-0.3, -0.25) is 0 Å². The first kappa shape index (κ1) is 18.3. The Morgan fingerprint density at radius 3 is 2.59 bits per heavy atom. The molecule has 1 aromatic carbocycles. The third-order valence-electron chi connectivity index (χ3n) is 2.77. The van der Waals surface area contributed by atoms with Gasteiger partial charge < -0.3 is 9.47 Å². The molecule has 0 N–H and O–H groups in total. The van der Waals surface area contributed by atoms with Crippen LogP contribution in [0.5, 0.6) is 0 Å². The third kappa shape index (κ3) is 5.95. The summed E-state index contributed by atoms with van der Waals surface area (Å²) < 4.78 is 46.7. The van der Waals surface area contributed by atoms with Crippen LogP contribution in [0.15, 0.2) is 41.8 Å². The predicted molar refractivity (Wildman–Crippen MR) is 79.6 cm³/mol. The van der Waals surface area contributed by atoms with Crippen LogP contribution >= 0.6 is 0 Å². The van der Waals surface area contributed by atoms with Gasteiger partial charge in [0.1, 0.15) is 5.82 Å². The molecule has 0 amide bonds. The number of ether oxygens (including phenoxy) is 2. The minimum Gasteiger partial charge on any atom is -0.464 e. The molecule has 0 fully saturated rings. The molecule has 1 rings (SSSR count). The highest BCUT2D eigenvalue weighted by Crippen LogP contribution is 2.12. The molecular formula is C15H19FO5S. The van der Waals surface area contributed by atoms with E-state index in [0.29, 0.717) is 0 Å². The Balaban J connectivity index is 2.39. The minimum atomic E-state index is -3.51. The maximum absolute atomic E-state index is 12.8. The molecule has 0 aromatic heterocycles. The van der Waals surface area contributed by atoms with E-state index in [9.17, 15) is 17.6 Å². The van der Waals surface area contributed by atoms with E-state index in [4.69, 9.17) is 9.47 Å². The van der Waals surface area contributed by atoms with Crippen molar-refractivity contribution in [3.05, 3.63) is 42.7 Å². The quantitative estimate of drug-likeness (QED) is 0.300. The van der Waals surface area contributed by atoms with Crippen LogP contribution < -0.4 is 0 Å². The Labute approximate surface area is 129 Å². The third-order valence-corrected chi connectivity index (χ3v) is 4.59. The van der Waals surface area contributed by atoms with Gasteiger partial charge in [-0.05, 0) is 37.6 Å². The van der Waals surface area contributed by atoms with Gasteiger partial charge in [0.25, 0.3) is 0 Å². The molecule has 0 radical (unpaired) electrons. The van der Waals surface area contributed by atoms with Gasteiger partial charge in [-0.25, -0.2) is 17.6 Å². The normalized spacial score (nSPS) is 12.6. The lowest BCUT2D eigenvalue weighted by molar-refractivity contribution is -0.155. The number of carbonyl (C=O) groups is 1. The maximum Gasteiger partial charge on any atom is 0.334 e. The van der Waals surface area contributed by atoms with Crippen LogP contribution in [0.2, 0.25) is 0 Å². The number of hydrogen-bond donors (Lipinski definition) is 0. The number of sulfone groups is 1. The second kappa shape index (κ2) is 8.65. The Hall–Kier alpha value is -1.73. The summed E-state index contributed by atoms with van der Waals surface area (Å²) in [4.78, 5) is 11.6. The molecule has 122 valence electrons. The van der Waals surface area contributed by atoms with Crippen LogP contribution in [0.1, 0.15) is 13.3 Å². The van der Waals surface area contributed by atoms with Crippen LogP contribution in [0, 0.1) is 5.82 Å². The van der Waals surface area contributed by atoms with Gasteiger partial charge in [0.2, 0.25) is 0 Å². The summed E-state index contributed by atoms with van der Waals surface area (Å²) in [5.74, 6) is -1.24. The van der Waals surface area contributed by atoms with Crippen LogP contribution in [0.3, 0.4) is 0 Å². The molecule has 1 unspecified atom stereocenters. The molecule has 22 heavy (non-hydrogen) atoms. The number of halogens is 1. The summed E-state index contributed by atoms with van der Waals surface area (Å²) in [5.41, 5.74) is 0. The van der Waals surface area contributed by atoms with Gasteiger partial charge in [0.15, 0.2) is 15.9 Å². The van der Waals surface area contributed by atoms with E-state index in [1.807, 2.05) is 0 Å². The van der Waals surface area contributed by atoms with Gasteiger partial charge in [0, 0.05) is 0 Å². The van der Waals surface area contributed by atoms with E-state index >= 15 is 0 Å². The van der Waals surface area contributed by atoms with Crippen molar-refractivity contribution in [2.75, 3.05) is 19.0 Å². The van der Waals surface area contributed by atoms with E-state index in [0.717, 1.165) is 12.1 Å². The molecule has 0 bridgehead atoms. The van der Waals surface area contributed by atoms with Crippen molar-refractivity contribution in [2.45, 2.75) is 24.3 Å². The van der Waals surface area contributed by atoms with Crippen molar-refractivity contribution in [1.29, 1.82) is 0 Å². The summed E-state index contributed by atoms with van der Waals surface area (Å²) in [6.45, 7) is 5.21. The second-order valence-electron chi connectivity index (χ2n) is 4.56. The van der Waals surface area contributed by atoms with Crippen LogP contribution in [0.4, 0.5) is 4.39 Å². The summed E-state index contributed by atoms with van der Waals surface area (Å²) >= 11 is 0. The molecule has 0 saturated heterocycles. The summed E-state index contributed by atoms with van der Waals surface area (Å²) in [5, 5.41) is 0. The van der Waals surface area contributed by atoms with E-state index in [-0.39, 0.29) is 30.3 Å². The first-order valence-electron chi connectivity index (χ1n) is 6.74. The number of rotatable bonds is 9. The molecule has 0 saturated carbocycles. The fourth-order valence-electron chi connectivity index (χ4n) is 1.58. The molecule has 0 aliphatic rings. The van der Waals surface area contributed by atoms with Crippen molar-refractivity contribution in [1.82, 2.24) is 0 Å². The molecule has 7 heteroatoms. The monoisotopic (exact) mass is 330 g/mol. The van der Waals surface area contributed by atoms with Gasteiger partial charge in [-0.15, -0.1) is 6.58 Å². The first-order valence-corrected chi connectivity index (χ1v) is 8.39. The van der Waals surface area contributed by atoms with Crippen molar-refractivity contribution in [3.8, 4) is 0 Å². The highest BCUT2D eigenvalue weighted by Gasteiger charge is 2.17. The van der Waals surface area contributed by atoms with Gasteiger partial charge in [0.05, 0.1) is 23.9 Å². The number of benzene rings is 1. The zero-order valence-electron chi connectivity index (χ0n) is 12.3.